The first kappa shape index (κ1) is 21.9. The van der Waals surface area contributed by atoms with Crippen LogP contribution in [0.2, 0.25) is 5.02 Å². The Kier molecular flexibility index (Phi) is 6.61. The van der Waals surface area contributed by atoms with Crippen LogP contribution in [-0.2, 0) is 16.1 Å². The molecule has 0 saturated carbocycles. The third-order valence-electron chi connectivity index (χ3n) is 4.36. The lowest BCUT2D eigenvalue weighted by Gasteiger charge is -2.14. The summed E-state index contributed by atoms with van der Waals surface area (Å²) in [7, 11) is 0. The van der Waals surface area contributed by atoms with Gasteiger partial charge in [0, 0.05) is 28.3 Å². The number of benzene rings is 2. The molecule has 0 fully saturated rings. The molecule has 2 N–H and O–H groups in total. The van der Waals surface area contributed by atoms with Gasteiger partial charge >= 0.3 is 11.9 Å². The molecule has 0 atom stereocenters. The van der Waals surface area contributed by atoms with E-state index >= 15 is 0 Å². The Morgan fingerprint density at radius 3 is 2.42 bits per heavy atom. The summed E-state index contributed by atoms with van der Waals surface area (Å²) in [6, 6.07) is 12.3. The predicted octanol–water partition coefficient (Wildman–Crippen LogP) is 4.04. The summed E-state index contributed by atoms with van der Waals surface area (Å²) in [5.74, 6) is -1.94. The largest absolute Gasteiger partial charge is 0.478 e. The molecule has 0 bridgehead atoms. The van der Waals surface area contributed by atoms with E-state index in [0.717, 1.165) is 22.8 Å². The molecule has 1 aliphatic heterocycles. The molecule has 1 aliphatic rings. The molecule has 1 aromatic heterocycles. The number of halogens is 2. The van der Waals surface area contributed by atoms with Crippen LogP contribution in [0, 0.1) is 12.7 Å². The second kappa shape index (κ2) is 9.36. The van der Waals surface area contributed by atoms with Crippen LogP contribution in [0.25, 0.3) is 5.69 Å². The topological polar surface area (TPSA) is 105 Å². The first-order valence-corrected chi connectivity index (χ1v) is 9.42. The molecule has 0 unspecified atom stereocenters. The van der Waals surface area contributed by atoms with Crippen LogP contribution >= 0.6 is 11.6 Å². The molecule has 2 heterocycles. The van der Waals surface area contributed by atoms with Crippen LogP contribution in [0.15, 0.2) is 65.8 Å². The lowest BCUT2D eigenvalue weighted by molar-refractivity contribution is -0.134. The first-order valence-electron chi connectivity index (χ1n) is 9.04. The summed E-state index contributed by atoms with van der Waals surface area (Å²) in [5.41, 5.74) is 3.79. The standard InChI is InChI=1S/C18H13ClFN3.C4H4O4/c1-11-21-9-13-10-22-18(14-4-2-3-5-16(14)20)15-8-12(19)6-7-17(15)23(11)13;5-3(6)1-2-4(7)8/h2-9H,10H2,1H3;1-2H,(H,5,6)(H,7,8)/b;2-1-. The number of carboxylic acid groups (broad SMARTS) is 2. The van der Waals surface area contributed by atoms with Gasteiger partial charge in [-0.25, -0.2) is 19.0 Å². The monoisotopic (exact) mass is 441 g/mol. The predicted molar refractivity (Wildman–Crippen MR) is 113 cm³/mol. The van der Waals surface area contributed by atoms with Gasteiger partial charge in [-0.15, -0.1) is 0 Å². The Hall–Kier alpha value is -3.78. The molecular weight excluding hydrogens is 425 g/mol. The van der Waals surface area contributed by atoms with E-state index in [2.05, 4.69) is 9.98 Å². The van der Waals surface area contributed by atoms with Crippen LogP contribution in [0.1, 0.15) is 22.6 Å². The van der Waals surface area contributed by atoms with Crippen molar-refractivity contribution in [2.45, 2.75) is 13.5 Å². The van der Waals surface area contributed by atoms with Gasteiger partial charge in [0.2, 0.25) is 0 Å². The number of rotatable bonds is 3. The van der Waals surface area contributed by atoms with E-state index in [1.165, 1.54) is 6.07 Å². The highest BCUT2D eigenvalue weighted by Gasteiger charge is 2.22. The highest BCUT2D eigenvalue weighted by atomic mass is 35.5. The van der Waals surface area contributed by atoms with Crippen LogP contribution in [0.3, 0.4) is 0 Å². The number of aliphatic carboxylic acids is 2. The van der Waals surface area contributed by atoms with E-state index in [1.807, 2.05) is 42.0 Å². The highest BCUT2D eigenvalue weighted by Crippen LogP contribution is 2.29. The van der Waals surface area contributed by atoms with Crippen molar-refractivity contribution < 1.29 is 24.2 Å². The lowest BCUT2D eigenvalue weighted by Crippen LogP contribution is -2.09. The molecular formula is C22H17ClFN3O4. The maximum Gasteiger partial charge on any atom is 0.328 e. The zero-order valence-corrected chi connectivity index (χ0v) is 17.0. The molecule has 0 amide bonds. The SMILES string of the molecule is Cc1ncc2n1-c1ccc(Cl)cc1C(c1ccccc1F)=NC2.O=C(O)/C=C\C(=O)O. The summed E-state index contributed by atoms with van der Waals surface area (Å²) in [6.45, 7) is 2.38. The van der Waals surface area contributed by atoms with Gasteiger partial charge < -0.3 is 10.2 Å². The van der Waals surface area contributed by atoms with E-state index in [1.54, 1.807) is 12.1 Å². The Bertz CT molecular complexity index is 1200. The number of aromatic nitrogens is 2. The van der Waals surface area contributed by atoms with Crippen LogP contribution in [-0.4, -0.2) is 37.4 Å². The molecule has 158 valence electrons. The number of hydrogen-bond donors (Lipinski definition) is 2. The first-order chi connectivity index (χ1) is 14.8. The Labute approximate surface area is 181 Å². The number of nitrogens with zero attached hydrogens (tertiary/aromatic N) is 3. The number of carbonyl (C=O) groups is 2. The highest BCUT2D eigenvalue weighted by molar-refractivity contribution is 6.31. The van der Waals surface area contributed by atoms with Gasteiger partial charge in [-0.05, 0) is 37.3 Å². The Balaban J connectivity index is 0.000000293. The summed E-state index contributed by atoms with van der Waals surface area (Å²) in [4.78, 5) is 28.1. The Morgan fingerprint density at radius 2 is 1.77 bits per heavy atom. The minimum Gasteiger partial charge on any atom is -0.478 e. The van der Waals surface area contributed by atoms with Gasteiger partial charge in [-0.1, -0.05) is 23.7 Å². The molecule has 0 radical (unpaired) electrons. The van der Waals surface area contributed by atoms with Crippen molar-refractivity contribution >= 4 is 29.3 Å². The van der Waals surface area contributed by atoms with Crippen molar-refractivity contribution in [3.8, 4) is 5.69 Å². The number of aryl methyl sites for hydroxylation is 1. The molecule has 31 heavy (non-hydrogen) atoms. The van der Waals surface area contributed by atoms with Crippen LogP contribution in [0.4, 0.5) is 4.39 Å². The molecule has 0 saturated heterocycles. The van der Waals surface area contributed by atoms with Crippen LogP contribution < -0.4 is 0 Å². The number of imidazole rings is 1. The fraction of sp³-hybridized carbons (Fsp3) is 0.0909. The summed E-state index contributed by atoms with van der Waals surface area (Å²) >= 11 is 6.19. The van der Waals surface area contributed by atoms with Crippen molar-refractivity contribution in [3.63, 3.8) is 0 Å². The lowest BCUT2D eigenvalue weighted by atomic mass is 10.00. The average Bonchev–Trinajstić information content (AvgIpc) is 3.00. The normalized spacial score (nSPS) is 12.2. The van der Waals surface area contributed by atoms with Gasteiger partial charge in [0.05, 0.1) is 29.8 Å². The van der Waals surface area contributed by atoms with Crippen molar-refractivity contribution in [3.05, 3.63) is 94.3 Å². The second-order valence-corrected chi connectivity index (χ2v) is 6.88. The summed E-state index contributed by atoms with van der Waals surface area (Å²) in [5, 5.41) is 16.2. The maximum absolute atomic E-state index is 14.3. The van der Waals surface area contributed by atoms with Crippen molar-refractivity contribution in [1.82, 2.24) is 9.55 Å². The number of fused-ring (bicyclic) bond motifs is 3. The van der Waals surface area contributed by atoms with Gasteiger partial charge in [0.25, 0.3) is 0 Å². The maximum atomic E-state index is 14.3. The van der Waals surface area contributed by atoms with E-state index < -0.39 is 11.9 Å². The van der Waals surface area contributed by atoms with Gasteiger partial charge in [0.1, 0.15) is 11.6 Å². The molecule has 3 aromatic rings. The molecule has 2 aromatic carbocycles. The number of hydrogen-bond acceptors (Lipinski definition) is 4. The molecule has 0 spiro atoms. The Morgan fingerprint density at radius 1 is 1.10 bits per heavy atom. The molecule has 7 nitrogen and oxygen atoms in total. The summed E-state index contributed by atoms with van der Waals surface area (Å²) in [6.07, 6.45) is 2.92. The minimum absolute atomic E-state index is 0.293. The van der Waals surface area contributed by atoms with Crippen molar-refractivity contribution in [2.24, 2.45) is 4.99 Å². The van der Waals surface area contributed by atoms with Crippen molar-refractivity contribution in [1.29, 1.82) is 0 Å². The fourth-order valence-corrected chi connectivity index (χ4v) is 3.27. The van der Waals surface area contributed by atoms with E-state index in [9.17, 15) is 14.0 Å². The molecule has 0 aliphatic carbocycles. The van der Waals surface area contributed by atoms with Crippen LogP contribution in [0.5, 0.6) is 0 Å². The van der Waals surface area contributed by atoms with Crippen molar-refractivity contribution in [2.75, 3.05) is 0 Å². The number of carboxylic acids is 2. The molecule has 4 rings (SSSR count). The molecule has 9 heteroatoms. The van der Waals surface area contributed by atoms with Gasteiger partial charge in [-0.2, -0.15) is 0 Å². The second-order valence-electron chi connectivity index (χ2n) is 6.45. The minimum atomic E-state index is -1.26. The zero-order valence-electron chi connectivity index (χ0n) is 16.3. The number of aliphatic imine (C=N–C) groups is 1. The average molecular weight is 442 g/mol. The quantitative estimate of drug-likeness (QED) is 0.597. The third kappa shape index (κ3) is 5.04. The van der Waals surface area contributed by atoms with E-state index in [0.29, 0.717) is 35.0 Å². The van der Waals surface area contributed by atoms with E-state index in [4.69, 9.17) is 21.8 Å². The fourth-order valence-electron chi connectivity index (χ4n) is 3.10. The smallest absolute Gasteiger partial charge is 0.328 e. The third-order valence-corrected chi connectivity index (χ3v) is 4.60. The van der Waals surface area contributed by atoms with Gasteiger partial charge in [-0.3, -0.25) is 9.56 Å². The van der Waals surface area contributed by atoms with E-state index in [-0.39, 0.29) is 5.82 Å². The van der Waals surface area contributed by atoms with Gasteiger partial charge in [0.15, 0.2) is 0 Å². The summed E-state index contributed by atoms with van der Waals surface area (Å²) < 4.78 is 16.3. The zero-order chi connectivity index (χ0) is 22.5.